The second-order valence-electron chi connectivity index (χ2n) is 6.19. The van der Waals surface area contributed by atoms with Gasteiger partial charge in [0.15, 0.2) is 5.58 Å². The Balaban J connectivity index is 1.30. The predicted molar refractivity (Wildman–Crippen MR) is 103 cm³/mol. The van der Waals surface area contributed by atoms with Crippen LogP contribution in [0.15, 0.2) is 53.1 Å². The van der Waals surface area contributed by atoms with Gasteiger partial charge in [-0.25, -0.2) is 4.79 Å². The van der Waals surface area contributed by atoms with E-state index in [0.717, 1.165) is 16.6 Å². The topological polar surface area (TPSA) is 84.7 Å². The van der Waals surface area contributed by atoms with Crippen LogP contribution >= 0.6 is 0 Å². The molecule has 0 saturated carbocycles. The Labute approximate surface area is 161 Å². The average molecular weight is 375 g/mol. The number of cyclic esters (lactones) is 1. The molecular formula is C21H17N3O4. The van der Waals surface area contributed by atoms with Crippen molar-refractivity contribution in [2.75, 3.05) is 24.6 Å². The highest BCUT2D eigenvalue weighted by atomic mass is 16.6. The standard InChI is InChI=1S/C21H17N3O4/c25-20(14-18-17-5-1-2-6-19(17)28-23-18)22-11-3-4-15-7-9-16(10-8-15)24-12-13-27-21(24)26/h1-2,5-10H,11-14H2,(H,22,25). The monoisotopic (exact) mass is 375 g/mol. The molecule has 1 fully saturated rings. The molecule has 2 aromatic carbocycles. The molecule has 0 spiro atoms. The summed E-state index contributed by atoms with van der Waals surface area (Å²) in [6, 6.07) is 14.7. The zero-order valence-electron chi connectivity index (χ0n) is 15.0. The van der Waals surface area contributed by atoms with E-state index in [4.69, 9.17) is 9.26 Å². The number of carbonyl (C=O) groups is 2. The Morgan fingerprint density at radius 1 is 1.18 bits per heavy atom. The van der Waals surface area contributed by atoms with Crippen LogP contribution in [0.2, 0.25) is 0 Å². The third-order valence-corrected chi connectivity index (χ3v) is 4.33. The van der Waals surface area contributed by atoms with Crippen LogP contribution in [0, 0.1) is 11.8 Å². The molecule has 7 nitrogen and oxygen atoms in total. The van der Waals surface area contributed by atoms with Gasteiger partial charge in [-0.15, -0.1) is 0 Å². The maximum absolute atomic E-state index is 12.1. The molecule has 4 rings (SSSR count). The van der Waals surface area contributed by atoms with Crippen LogP contribution in [0.25, 0.3) is 11.0 Å². The van der Waals surface area contributed by atoms with E-state index in [0.29, 0.717) is 24.4 Å². The fraction of sp³-hybridized carbons (Fsp3) is 0.190. The minimum Gasteiger partial charge on any atom is -0.447 e. The summed E-state index contributed by atoms with van der Waals surface area (Å²) in [5, 5.41) is 7.54. The van der Waals surface area contributed by atoms with Crippen LogP contribution in [-0.2, 0) is 16.0 Å². The Kier molecular flexibility index (Phi) is 4.93. The van der Waals surface area contributed by atoms with Gasteiger partial charge in [0.2, 0.25) is 5.91 Å². The largest absolute Gasteiger partial charge is 0.447 e. The molecule has 2 amide bonds. The van der Waals surface area contributed by atoms with Gasteiger partial charge in [0, 0.05) is 16.6 Å². The van der Waals surface area contributed by atoms with Gasteiger partial charge in [-0.2, -0.15) is 0 Å². The summed E-state index contributed by atoms with van der Waals surface area (Å²) in [5.74, 6) is 5.73. The highest BCUT2D eigenvalue weighted by molar-refractivity contribution is 5.89. The van der Waals surface area contributed by atoms with Gasteiger partial charge in [-0.3, -0.25) is 9.69 Å². The molecule has 0 aliphatic carbocycles. The maximum atomic E-state index is 12.1. The van der Waals surface area contributed by atoms with Crippen LogP contribution < -0.4 is 10.2 Å². The first-order chi connectivity index (χ1) is 13.7. The van der Waals surface area contributed by atoms with E-state index in [2.05, 4.69) is 22.3 Å². The summed E-state index contributed by atoms with van der Waals surface area (Å²) in [6.45, 7) is 1.19. The summed E-state index contributed by atoms with van der Waals surface area (Å²) >= 11 is 0. The Morgan fingerprint density at radius 2 is 2.00 bits per heavy atom. The van der Waals surface area contributed by atoms with E-state index in [1.807, 2.05) is 48.5 Å². The van der Waals surface area contributed by atoms with E-state index >= 15 is 0 Å². The molecule has 1 aliphatic heterocycles. The third-order valence-electron chi connectivity index (χ3n) is 4.33. The summed E-state index contributed by atoms with van der Waals surface area (Å²) in [7, 11) is 0. The normalized spacial score (nSPS) is 13.1. The van der Waals surface area contributed by atoms with Crippen molar-refractivity contribution in [2.24, 2.45) is 0 Å². The number of nitrogens with one attached hydrogen (secondary N) is 1. The lowest BCUT2D eigenvalue weighted by Crippen LogP contribution is -2.25. The number of nitrogens with zero attached hydrogens (tertiary/aromatic N) is 2. The fourth-order valence-corrected chi connectivity index (χ4v) is 2.92. The SMILES string of the molecule is O=C(Cc1noc2ccccc12)NCC#Cc1ccc(N2CCOC2=O)cc1. The highest BCUT2D eigenvalue weighted by Crippen LogP contribution is 2.19. The number of anilines is 1. The zero-order chi connectivity index (χ0) is 19.3. The van der Waals surface area contributed by atoms with Crippen LogP contribution in [0.5, 0.6) is 0 Å². The molecule has 0 bridgehead atoms. The van der Waals surface area contributed by atoms with Gasteiger partial charge in [0.1, 0.15) is 12.3 Å². The number of aromatic nitrogens is 1. The molecule has 1 N–H and O–H groups in total. The number of rotatable bonds is 4. The Hall–Kier alpha value is -3.79. The predicted octanol–water partition coefficient (Wildman–Crippen LogP) is 2.49. The number of hydrogen-bond acceptors (Lipinski definition) is 5. The van der Waals surface area contributed by atoms with Crippen LogP contribution in [0.3, 0.4) is 0 Å². The summed E-state index contributed by atoms with van der Waals surface area (Å²) < 4.78 is 10.1. The molecule has 2 heterocycles. The molecule has 0 atom stereocenters. The van der Waals surface area contributed by atoms with Crippen molar-refractivity contribution in [2.45, 2.75) is 6.42 Å². The van der Waals surface area contributed by atoms with Crippen molar-refractivity contribution in [3.05, 3.63) is 59.8 Å². The van der Waals surface area contributed by atoms with Crippen LogP contribution in [0.4, 0.5) is 10.5 Å². The van der Waals surface area contributed by atoms with E-state index in [9.17, 15) is 9.59 Å². The lowest BCUT2D eigenvalue weighted by atomic mass is 10.1. The van der Waals surface area contributed by atoms with E-state index in [-0.39, 0.29) is 25.0 Å². The average Bonchev–Trinajstić information content (AvgIpc) is 3.32. The molecular weight excluding hydrogens is 358 g/mol. The molecule has 1 aromatic heterocycles. The minimum atomic E-state index is -0.332. The van der Waals surface area contributed by atoms with Crippen molar-refractivity contribution in [3.8, 4) is 11.8 Å². The number of para-hydroxylation sites is 1. The minimum absolute atomic E-state index is 0.138. The summed E-state index contributed by atoms with van der Waals surface area (Å²) in [4.78, 5) is 25.2. The lowest BCUT2D eigenvalue weighted by Gasteiger charge is -2.11. The van der Waals surface area contributed by atoms with Crippen molar-refractivity contribution in [1.82, 2.24) is 10.5 Å². The van der Waals surface area contributed by atoms with E-state index < -0.39 is 0 Å². The molecule has 0 radical (unpaired) electrons. The van der Waals surface area contributed by atoms with E-state index in [1.165, 1.54) is 0 Å². The smallest absolute Gasteiger partial charge is 0.414 e. The number of fused-ring (bicyclic) bond motifs is 1. The van der Waals surface area contributed by atoms with Crippen molar-refractivity contribution < 1.29 is 18.8 Å². The number of benzene rings is 2. The number of ether oxygens (including phenoxy) is 1. The van der Waals surface area contributed by atoms with Gasteiger partial charge in [-0.1, -0.05) is 29.1 Å². The molecule has 1 saturated heterocycles. The van der Waals surface area contributed by atoms with Gasteiger partial charge in [-0.05, 0) is 36.4 Å². The number of amides is 2. The first kappa shape index (κ1) is 17.6. The summed E-state index contributed by atoms with van der Waals surface area (Å²) in [6.07, 6.45) is -0.194. The van der Waals surface area contributed by atoms with Gasteiger partial charge in [0.05, 0.1) is 19.5 Å². The molecule has 7 heteroatoms. The van der Waals surface area contributed by atoms with Crippen molar-refractivity contribution in [1.29, 1.82) is 0 Å². The van der Waals surface area contributed by atoms with Gasteiger partial charge < -0.3 is 14.6 Å². The van der Waals surface area contributed by atoms with Crippen molar-refractivity contribution >= 4 is 28.7 Å². The van der Waals surface area contributed by atoms with Crippen molar-refractivity contribution in [3.63, 3.8) is 0 Å². The first-order valence-electron chi connectivity index (χ1n) is 8.84. The lowest BCUT2D eigenvalue weighted by molar-refractivity contribution is -0.120. The van der Waals surface area contributed by atoms with Gasteiger partial charge in [0.25, 0.3) is 0 Å². The second kappa shape index (κ2) is 7.84. The first-order valence-corrected chi connectivity index (χ1v) is 8.84. The maximum Gasteiger partial charge on any atom is 0.414 e. The zero-order valence-corrected chi connectivity index (χ0v) is 15.0. The Bertz CT molecular complexity index is 1080. The molecule has 140 valence electrons. The van der Waals surface area contributed by atoms with Gasteiger partial charge >= 0.3 is 6.09 Å². The second-order valence-corrected chi connectivity index (χ2v) is 6.19. The molecule has 1 aliphatic rings. The number of carbonyl (C=O) groups excluding carboxylic acids is 2. The molecule has 3 aromatic rings. The number of hydrogen-bond donors (Lipinski definition) is 1. The highest BCUT2D eigenvalue weighted by Gasteiger charge is 2.23. The van der Waals surface area contributed by atoms with Crippen LogP contribution in [0.1, 0.15) is 11.3 Å². The van der Waals surface area contributed by atoms with Crippen LogP contribution in [-0.4, -0.2) is 36.9 Å². The molecule has 28 heavy (non-hydrogen) atoms. The Morgan fingerprint density at radius 3 is 2.79 bits per heavy atom. The van der Waals surface area contributed by atoms with E-state index in [1.54, 1.807) is 4.90 Å². The quantitative estimate of drug-likeness (QED) is 0.708. The summed E-state index contributed by atoms with van der Waals surface area (Å²) in [5.41, 5.74) is 2.85. The third kappa shape index (κ3) is 3.81. The fourth-order valence-electron chi connectivity index (χ4n) is 2.92. The molecule has 0 unspecified atom stereocenters.